The smallest absolute Gasteiger partial charge is 0.0784 e. The fourth-order valence-electron chi connectivity index (χ4n) is 3.01. The number of hydrogen-bond acceptors (Lipinski definition) is 2. The van der Waals surface area contributed by atoms with Gasteiger partial charge in [-0.1, -0.05) is 0 Å². The fraction of sp³-hybridized carbons (Fsp3) is 0.412. The number of nitrogens with one attached hydrogen (secondary N) is 1. The van der Waals surface area contributed by atoms with Crippen LogP contribution in [0.1, 0.15) is 18.2 Å². The van der Waals surface area contributed by atoms with Crippen molar-refractivity contribution in [3.63, 3.8) is 0 Å². The van der Waals surface area contributed by atoms with Crippen LogP contribution in [0.25, 0.3) is 10.9 Å². The zero-order valence-electron chi connectivity index (χ0n) is 12.6. The van der Waals surface area contributed by atoms with Crippen molar-refractivity contribution in [1.82, 2.24) is 4.98 Å². The normalized spacial score (nSPS) is 23.3. The fourth-order valence-corrected chi connectivity index (χ4v) is 3.01. The zero-order chi connectivity index (χ0) is 14.3. The Hall–Kier alpha value is -1.61. The molecule has 2 atom stereocenters. The Labute approximate surface area is 121 Å². The quantitative estimate of drug-likeness (QED) is 0.796. The first-order valence-electron chi connectivity index (χ1n) is 7.35. The highest BCUT2D eigenvalue weighted by molar-refractivity contribution is 5.92. The van der Waals surface area contributed by atoms with E-state index in [2.05, 4.69) is 62.0 Å². The average molecular weight is 269 g/mol. The number of benzene rings is 1. The number of anilines is 1. The van der Waals surface area contributed by atoms with Crippen molar-refractivity contribution in [1.29, 1.82) is 0 Å². The van der Waals surface area contributed by atoms with Crippen molar-refractivity contribution in [2.24, 2.45) is 0 Å². The van der Waals surface area contributed by atoms with Crippen LogP contribution in [0.15, 0.2) is 24.3 Å². The van der Waals surface area contributed by atoms with Gasteiger partial charge in [-0.05, 0) is 50.6 Å². The lowest BCUT2D eigenvalue weighted by atomic mass is 10.1. The van der Waals surface area contributed by atoms with E-state index in [0.717, 1.165) is 30.8 Å². The number of piperazine rings is 1. The second-order valence-corrected chi connectivity index (χ2v) is 6.06. The van der Waals surface area contributed by atoms with E-state index in [1.165, 1.54) is 21.5 Å². The first kappa shape index (κ1) is 13.4. The molecule has 1 N–H and O–H groups in total. The number of nitrogens with zero attached hydrogens (tertiary/aromatic N) is 2. The molecular weight excluding hydrogens is 246 g/mol. The van der Waals surface area contributed by atoms with Crippen molar-refractivity contribution in [2.45, 2.75) is 26.8 Å². The van der Waals surface area contributed by atoms with Crippen LogP contribution in [-0.4, -0.2) is 30.7 Å². The van der Waals surface area contributed by atoms with E-state index >= 15 is 0 Å². The van der Waals surface area contributed by atoms with Gasteiger partial charge in [0.15, 0.2) is 0 Å². The van der Waals surface area contributed by atoms with Gasteiger partial charge in [-0.3, -0.25) is 4.98 Å². The van der Waals surface area contributed by atoms with Crippen molar-refractivity contribution < 1.29 is 4.90 Å². The molecule has 3 rings (SSSR count). The SMILES string of the molecule is [CH2-][NH+]1CCN(c2cc(C)cc3nc(C)ccc23)C[C@@H]1C. The molecule has 1 aromatic heterocycles. The third kappa shape index (κ3) is 2.38. The van der Waals surface area contributed by atoms with Crippen LogP contribution in [0.3, 0.4) is 0 Å². The monoisotopic (exact) mass is 269 g/mol. The van der Waals surface area contributed by atoms with Crippen LogP contribution >= 0.6 is 0 Å². The number of fused-ring (bicyclic) bond motifs is 1. The molecular formula is C17H23N3. The molecule has 0 radical (unpaired) electrons. The third-order valence-corrected chi connectivity index (χ3v) is 4.30. The van der Waals surface area contributed by atoms with Crippen LogP contribution in [-0.2, 0) is 0 Å². The van der Waals surface area contributed by atoms with Crippen LogP contribution in [0.4, 0.5) is 5.69 Å². The topological polar surface area (TPSA) is 20.6 Å². The lowest BCUT2D eigenvalue weighted by Crippen LogP contribution is -3.13. The van der Waals surface area contributed by atoms with E-state index in [1.54, 1.807) is 0 Å². The van der Waals surface area contributed by atoms with Crippen molar-refractivity contribution in [3.8, 4) is 0 Å². The Morgan fingerprint density at radius 3 is 2.85 bits per heavy atom. The van der Waals surface area contributed by atoms with E-state index in [9.17, 15) is 0 Å². The van der Waals surface area contributed by atoms with Crippen LogP contribution < -0.4 is 9.80 Å². The molecule has 1 fully saturated rings. The molecule has 3 nitrogen and oxygen atoms in total. The summed E-state index contributed by atoms with van der Waals surface area (Å²) in [6.45, 7) is 9.69. The number of aryl methyl sites for hydroxylation is 2. The number of rotatable bonds is 1. The molecule has 1 unspecified atom stereocenters. The Balaban J connectivity index is 2.06. The first-order chi connectivity index (χ1) is 9.54. The molecule has 1 saturated heterocycles. The van der Waals surface area contributed by atoms with Gasteiger partial charge in [-0.25, -0.2) is 0 Å². The second-order valence-electron chi connectivity index (χ2n) is 6.06. The molecule has 2 heterocycles. The van der Waals surface area contributed by atoms with Gasteiger partial charge in [-0.15, -0.1) is 0 Å². The minimum absolute atomic E-state index is 0.567. The van der Waals surface area contributed by atoms with E-state index in [1.807, 2.05) is 0 Å². The maximum absolute atomic E-state index is 4.68. The molecule has 0 aliphatic carbocycles. The molecule has 20 heavy (non-hydrogen) atoms. The van der Waals surface area contributed by atoms with Crippen LogP contribution in [0.2, 0.25) is 0 Å². The molecule has 0 bridgehead atoms. The van der Waals surface area contributed by atoms with Gasteiger partial charge < -0.3 is 9.80 Å². The summed E-state index contributed by atoms with van der Waals surface area (Å²) in [4.78, 5) is 8.56. The minimum Gasteiger partial charge on any atom is -0.463 e. The van der Waals surface area contributed by atoms with Crippen molar-refractivity contribution in [2.75, 3.05) is 24.5 Å². The predicted molar refractivity (Wildman–Crippen MR) is 84.1 cm³/mol. The highest BCUT2D eigenvalue weighted by Gasteiger charge is 2.22. The predicted octanol–water partition coefficient (Wildman–Crippen LogP) is 1.74. The van der Waals surface area contributed by atoms with Crippen LogP contribution in [0, 0.1) is 20.9 Å². The molecule has 0 saturated carbocycles. The first-order valence-corrected chi connectivity index (χ1v) is 7.35. The summed E-state index contributed by atoms with van der Waals surface area (Å²) in [5.41, 5.74) is 4.79. The van der Waals surface area contributed by atoms with Crippen molar-refractivity contribution >= 4 is 16.6 Å². The molecule has 2 aromatic rings. The summed E-state index contributed by atoms with van der Waals surface area (Å²) < 4.78 is 0. The second kappa shape index (κ2) is 5.06. The summed E-state index contributed by atoms with van der Waals surface area (Å²) in [6, 6.07) is 9.35. The van der Waals surface area contributed by atoms with E-state index in [4.69, 9.17) is 0 Å². The molecule has 1 aliphatic rings. The Bertz CT molecular complexity index is 630. The summed E-state index contributed by atoms with van der Waals surface area (Å²) >= 11 is 0. The molecule has 1 aliphatic heterocycles. The lowest BCUT2D eigenvalue weighted by molar-refractivity contribution is -0.879. The number of pyridine rings is 1. The zero-order valence-corrected chi connectivity index (χ0v) is 12.6. The molecule has 106 valence electrons. The van der Waals surface area contributed by atoms with Gasteiger partial charge in [0.2, 0.25) is 0 Å². The van der Waals surface area contributed by atoms with Gasteiger partial charge >= 0.3 is 0 Å². The Morgan fingerprint density at radius 2 is 2.10 bits per heavy atom. The van der Waals surface area contributed by atoms with Gasteiger partial charge in [0.25, 0.3) is 0 Å². The Morgan fingerprint density at radius 1 is 1.30 bits per heavy atom. The summed E-state index contributed by atoms with van der Waals surface area (Å²) in [7, 11) is 4.18. The standard InChI is InChI=1S/C17H23N3/c1-12-9-16-15(6-5-13(2)18-16)17(10-12)20-8-7-19(4)14(3)11-20/h5-6,9-10,14,19H,4,7-8,11H2,1-3H3/t14-/m0/s1. The van der Waals surface area contributed by atoms with Gasteiger partial charge in [0.1, 0.15) is 0 Å². The minimum atomic E-state index is 0.567. The van der Waals surface area contributed by atoms with Gasteiger partial charge in [0, 0.05) is 16.8 Å². The van der Waals surface area contributed by atoms with E-state index < -0.39 is 0 Å². The summed E-state index contributed by atoms with van der Waals surface area (Å²) in [5.74, 6) is 0. The lowest BCUT2D eigenvalue weighted by Gasteiger charge is -2.40. The highest BCUT2D eigenvalue weighted by atomic mass is 15.3. The maximum Gasteiger partial charge on any atom is 0.0784 e. The molecule has 3 heteroatoms. The van der Waals surface area contributed by atoms with Gasteiger partial charge in [-0.2, -0.15) is 7.05 Å². The summed E-state index contributed by atoms with van der Waals surface area (Å²) in [5, 5.41) is 1.26. The third-order valence-electron chi connectivity index (χ3n) is 4.30. The number of hydrogen-bond donors (Lipinski definition) is 1. The maximum atomic E-state index is 4.68. The number of quaternary nitrogens is 1. The molecule has 0 spiro atoms. The van der Waals surface area contributed by atoms with Crippen LogP contribution in [0.5, 0.6) is 0 Å². The molecule has 0 amide bonds. The van der Waals surface area contributed by atoms with E-state index in [0.29, 0.717) is 6.04 Å². The summed E-state index contributed by atoms with van der Waals surface area (Å²) in [6.07, 6.45) is 0. The highest BCUT2D eigenvalue weighted by Crippen LogP contribution is 2.28. The largest absolute Gasteiger partial charge is 0.463 e. The van der Waals surface area contributed by atoms with Gasteiger partial charge in [0.05, 0.1) is 31.2 Å². The van der Waals surface area contributed by atoms with E-state index in [-0.39, 0.29) is 0 Å². The average Bonchev–Trinajstić information content (AvgIpc) is 2.40. The number of aromatic nitrogens is 1. The van der Waals surface area contributed by atoms with Crippen molar-refractivity contribution in [3.05, 3.63) is 42.6 Å². The Kier molecular flexibility index (Phi) is 3.38. The molecule has 1 aromatic carbocycles.